The molecule has 1 aromatic carbocycles. The Morgan fingerprint density at radius 2 is 2.08 bits per heavy atom. The monoisotopic (exact) mass is 327 g/mol. The molecule has 3 saturated heterocycles. The van der Waals surface area contributed by atoms with E-state index in [0.717, 1.165) is 37.8 Å². The Morgan fingerprint density at radius 1 is 1.21 bits per heavy atom. The van der Waals surface area contributed by atoms with Crippen LogP contribution in [0.2, 0.25) is 0 Å². The van der Waals surface area contributed by atoms with E-state index in [2.05, 4.69) is 10.6 Å². The van der Waals surface area contributed by atoms with Gasteiger partial charge in [0.05, 0.1) is 11.6 Å². The molecular formula is C18H21N3O3. The van der Waals surface area contributed by atoms with Gasteiger partial charge in [0, 0.05) is 24.8 Å². The van der Waals surface area contributed by atoms with Crippen LogP contribution in [0.3, 0.4) is 0 Å². The number of benzene rings is 1. The Kier molecular flexibility index (Phi) is 2.95. The van der Waals surface area contributed by atoms with Crippen molar-refractivity contribution in [2.45, 2.75) is 56.0 Å². The topological polar surface area (TPSA) is 70.7 Å². The number of ether oxygens (including phenoxy) is 1. The molecule has 0 unspecified atom stereocenters. The summed E-state index contributed by atoms with van der Waals surface area (Å²) in [6, 6.07) is 7.75. The van der Waals surface area contributed by atoms with E-state index in [0.29, 0.717) is 12.2 Å². The van der Waals surface area contributed by atoms with Crippen LogP contribution < -0.4 is 10.6 Å². The lowest BCUT2D eigenvalue weighted by Crippen LogP contribution is -2.64. The average Bonchev–Trinajstić information content (AvgIpc) is 3.29. The van der Waals surface area contributed by atoms with E-state index in [1.807, 2.05) is 29.2 Å². The van der Waals surface area contributed by atoms with E-state index >= 15 is 0 Å². The quantitative estimate of drug-likeness (QED) is 0.820. The van der Waals surface area contributed by atoms with Gasteiger partial charge < -0.3 is 20.3 Å². The number of anilines is 1. The zero-order chi connectivity index (χ0) is 16.3. The van der Waals surface area contributed by atoms with Crippen LogP contribution in [-0.4, -0.2) is 47.2 Å². The summed E-state index contributed by atoms with van der Waals surface area (Å²) in [4.78, 5) is 27.5. The fraction of sp³-hybridized carbons (Fsp3) is 0.556. The third-order valence-corrected chi connectivity index (χ3v) is 5.95. The molecule has 6 heteroatoms. The second-order valence-electron chi connectivity index (χ2n) is 7.29. The van der Waals surface area contributed by atoms with Crippen LogP contribution in [0, 0.1) is 0 Å². The van der Waals surface area contributed by atoms with E-state index in [1.165, 1.54) is 0 Å². The van der Waals surface area contributed by atoms with Gasteiger partial charge in [-0.15, -0.1) is 0 Å². The number of para-hydroxylation sites is 1. The molecule has 4 heterocycles. The van der Waals surface area contributed by atoms with E-state index < -0.39 is 5.66 Å². The molecule has 0 aliphatic carbocycles. The van der Waals surface area contributed by atoms with Gasteiger partial charge in [-0.25, -0.2) is 0 Å². The summed E-state index contributed by atoms with van der Waals surface area (Å²) in [7, 11) is 0. The molecule has 3 fully saturated rings. The van der Waals surface area contributed by atoms with Crippen molar-refractivity contribution in [3.63, 3.8) is 0 Å². The maximum Gasteiger partial charge on any atom is 0.255 e. The molecule has 6 nitrogen and oxygen atoms in total. The first kappa shape index (κ1) is 14.3. The Balaban J connectivity index is 1.47. The summed E-state index contributed by atoms with van der Waals surface area (Å²) in [5.41, 5.74) is 0.990. The molecule has 126 valence electrons. The maximum absolute atomic E-state index is 12.9. The molecule has 2 N–H and O–H groups in total. The number of carbonyl (C=O) groups excluding carboxylic acids is 2. The summed E-state index contributed by atoms with van der Waals surface area (Å²) in [6.07, 6.45) is 4.14. The minimum absolute atomic E-state index is 0.00324. The predicted molar refractivity (Wildman–Crippen MR) is 87.5 cm³/mol. The average molecular weight is 327 g/mol. The molecule has 0 aromatic heterocycles. The second kappa shape index (κ2) is 4.96. The zero-order valence-electron chi connectivity index (χ0n) is 13.5. The lowest BCUT2D eigenvalue weighted by Gasteiger charge is -2.43. The molecule has 2 amide bonds. The van der Waals surface area contributed by atoms with Crippen molar-refractivity contribution >= 4 is 17.5 Å². The van der Waals surface area contributed by atoms with Crippen LogP contribution in [-0.2, 0) is 9.53 Å². The number of hydrogen-bond donors (Lipinski definition) is 2. The number of rotatable bonds is 1. The summed E-state index contributed by atoms with van der Waals surface area (Å²) in [6.45, 7) is 0.674. The van der Waals surface area contributed by atoms with Gasteiger partial charge in [-0.3, -0.25) is 9.59 Å². The van der Waals surface area contributed by atoms with Crippen molar-refractivity contribution in [2.24, 2.45) is 0 Å². The lowest BCUT2D eigenvalue weighted by molar-refractivity contribution is -0.142. The first-order valence-electron chi connectivity index (χ1n) is 8.81. The highest BCUT2D eigenvalue weighted by Crippen LogP contribution is 2.47. The molecule has 24 heavy (non-hydrogen) atoms. The van der Waals surface area contributed by atoms with Gasteiger partial charge in [-0.1, -0.05) is 12.1 Å². The van der Waals surface area contributed by atoms with Gasteiger partial charge in [0.1, 0.15) is 11.8 Å². The second-order valence-corrected chi connectivity index (χ2v) is 7.29. The minimum atomic E-state index is -0.539. The normalized spacial score (nSPS) is 36.6. The molecular weight excluding hydrogens is 306 g/mol. The van der Waals surface area contributed by atoms with Crippen LogP contribution in [0.5, 0.6) is 0 Å². The van der Waals surface area contributed by atoms with Crippen LogP contribution in [0.1, 0.15) is 42.5 Å². The molecule has 1 spiro atoms. The van der Waals surface area contributed by atoms with Crippen LogP contribution in [0.4, 0.5) is 5.69 Å². The van der Waals surface area contributed by atoms with E-state index in [9.17, 15) is 9.59 Å². The van der Waals surface area contributed by atoms with Crippen LogP contribution in [0.25, 0.3) is 0 Å². The summed E-state index contributed by atoms with van der Waals surface area (Å²) < 4.78 is 5.61. The molecule has 4 aliphatic rings. The van der Waals surface area contributed by atoms with E-state index in [4.69, 9.17) is 4.74 Å². The molecule has 0 saturated carbocycles. The fourth-order valence-electron chi connectivity index (χ4n) is 4.95. The van der Waals surface area contributed by atoms with Crippen molar-refractivity contribution in [2.75, 3.05) is 11.9 Å². The van der Waals surface area contributed by atoms with Gasteiger partial charge in [-0.2, -0.15) is 0 Å². The molecule has 2 bridgehead atoms. The number of nitrogens with zero attached hydrogens (tertiary/aromatic N) is 1. The molecule has 0 radical (unpaired) electrons. The Hall–Kier alpha value is -2.08. The van der Waals surface area contributed by atoms with E-state index in [1.54, 1.807) is 0 Å². The highest BCUT2D eigenvalue weighted by molar-refractivity contribution is 6.02. The van der Waals surface area contributed by atoms with Gasteiger partial charge in [0.2, 0.25) is 0 Å². The smallest absolute Gasteiger partial charge is 0.255 e. The SMILES string of the molecule is O=C1N[C@]2(C[C@H]3CC[C@H]2N3C(=O)[C@@H]2CCCO2)Nc2ccccc21. The summed E-state index contributed by atoms with van der Waals surface area (Å²) in [5, 5.41) is 6.71. The van der Waals surface area contributed by atoms with Gasteiger partial charge in [0.15, 0.2) is 0 Å². The molecule has 4 atom stereocenters. The first-order chi connectivity index (χ1) is 11.7. The van der Waals surface area contributed by atoms with Crippen LogP contribution >= 0.6 is 0 Å². The molecule has 5 rings (SSSR count). The summed E-state index contributed by atoms with van der Waals surface area (Å²) in [5.74, 6) is 0.0493. The third kappa shape index (κ3) is 1.86. The van der Waals surface area contributed by atoms with Gasteiger partial charge in [0.25, 0.3) is 11.8 Å². The van der Waals surface area contributed by atoms with Crippen molar-refractivity contribution < 1.29 is 14.3 Å². The van der Waals surface area contributed by atoms with Crippen molar-refractivity contribution in [3.05, 3.63) is 29.8 Å². The first-order valence-corrected chi connectivity index (χ1v) is 8.81. The largest absolute Gasteiger partial charge is 0.368 e. The van der Waals surface area contributed by atoms with Gasteiger partial charge in [-0.05, 0) is 37.8 Å². The number of hydrogen-bond acceptors (Lipinski definition) is 4. The lowest BCUT2D eigenvalue weighted by atomic mass is 9.86. The fourth-order valence-corrected chi connectivity index (χ4v) is 4.95. The van der Waals surface area contributed by atoms with Crippen LogP contribution in [0.15, 0.2) is 24.3 Å². The molecule has 4 aliphatic heterocycles. The standard InChI is InChI=1S/C18H21N3O3/c22-16-12-4-1-2-5-13(12)19-18(20-16)10-11-7-8-15(18)21(11)17(23)14-6-3-9-24-14/h1-2,4-5,11,14-15,19H,3,6-10H2,(H,20,22)/t11-,14+,15-,18+/m1/s1. The minimum Gasteiger partial charge on any atom is -0.368 e. The number of amides is 2. The van der Waals surface area contributed by atoms with Crippen molar-refractivity contribution in [1.82, 2.24) is 10.2 Å². The number of fused-ring (bicyclic) bond motifs is 4. The zero-order valence-corrected chi connectivity index (χ0v) is 13.5. The highest BCUT2D eigenvalue weighted by atomic mass is 16.5. The third-order valence-electron chi connectivity index (χ3n) is 5.95. The Morgan fingerprint density at radius 3 is 2.92 bits per heavy atom. The molecule has 1 aromatic rings. The van der Waals surface area contributed by atoms with Gasteiger partial charge >= 0.3 is 0 Å². The van der Waals surface area contributed by atoms with E-state index in [-0.39, 0.29) is 30.0 Å². The predicted octanol–water partition coefficient (Wildman–Crippen LogP) is 1.48. The number of nitrogens with one attached hydrogen (secondary N) is 2. The summed E-state index contributed by atoms with van der Waals surface area (Å²) >= 11 is 0. The number of carbonyl (C=O) groups is 2. The Bertz CT molecular complexity index is 715. The van der Waals surface area contributed by atoms with Crippen molar-refractivity contribution in [3.8, 4) is 0 Å². The highest BCUT2D eigenvalue weighted by Gasteiger charge is 2.60. The maximum atomic E-state index is 12.9. The van der Waals surface area contributed by atoms with Crippen molar-refractivity contribution in [1.29, 1.82) is 0 Å². The Labute approximate surface area is 140 Å².